The highest BCUT2D eigenvalue weighted by molar-refractivity contribution is 7.99. The second kappa shape index (κ2) is 4.96. The van der Waals surface area contributed by atoms with Crippen LogP contribution in [0.2, 0.25) is 5.28 Å². The third kappa shape index (κ3) is 2.33. The molecule has 0 aliphatic rings. The summed E-state index contributed by atoms with van der Waals surface area (Å²) in [5, 5.41) is 1.28. The Balaban J connectivity index is 2.09. The molecule has 1 heterocycles. The average molecular weight is 273 g/mol. The third-order valence-corrected chi connectivity index (χ3v) is 3.75. The Kier molecular flexibility index (Phi) is 3.17. The number of nitrogens with zero attached hydrogens (tertiary/aromatic N) is 2. The lowest BCUT2D eigenvalue weighted by Gasteiger charge is -2.05. The van der Waals surface area contributed by atoms with Gasteiger partial charge in [0.2, 0.25) is 5.28 Å². The van der Waals surface area contributed by atoms with Crippen LogP contribution in [0, 0.1) is 0 Å². The highest BCUT2D eigenvalue weighted by Gasteiger charge is 2.05. The lowest BCUT2D eigenvalue weighted by Crippen LogP contribution is -1.86. The highest BCUT2D eigenvalue weighted by atomic mass is 35.5. The number of hydrogen-bond donors (Lipinski definition) is 0. The van der Waals surface area contributed by atoms with E-state index in [1.165, 1.54) is 4.90 Å². The quantitative estimate of drug-likeness (QED) is 0.645. The molecule has 2 nitrogen and oxygen atoms in total. The van der Waals surface area contributed by atoms with Crippen LogP contribution in [0.3, 0.4) is 0 Å². The van der Waals surface area contributed by atoms with Crippen LogP contribution in [0.5, 0.6) is 0 Å². The van der Waals surface area contributed by atoms with Crippen molar-refractivity contribution in [3.05, 3.63) is 60.0 Å². The minimum absolute atomic E-state index is 0.281. The molecule has 88 valence electrons. The molecule has 0 N–H and O–H groups in total. The topological polar surface area (TPSA) is 25.8 Å². The second-order valence-electron chi connectivity index (χ2n) is 3.75. The number of benzene rings is 2. The molecule has 0 bridgehead atoms. The van der Waals surface area contributed by atoms with Crippen LogP contribution in [-0.4, -0.2) is 9.97 Å². The van der Waals surface area contributed by atoms with E-state index in [0.29, 0.717) is 0 Å². The Labute approximate surface area is 114 Å². The summed E-state index contributed by atoms with van der Waals surface area (Å²) < 4.78 is 0. The van der Waals surface area contributed by atoms with Gasteiger partial charge in [0.25, 0.3) is 0 Å². The van der Waals surface area contributed by atoms with Gasteiger partial charge in [-0.25, -0.2) is 9.97 Å². The molecule has 0 radical (unpaired) electrons. The second-order valence-corrected chi connectivity index (χ2v) is 5.20. The van der Waals surface area contributed by atoms with Crippen LogP contribution >= 0.6 is 23.4 Å². The molecule has 0 saturated carbocycles. The van der Waals surface area contributed by atoms with Gasteiger partial charge in [-0.3, -0.25) is 0 Å². The van der Waals surface area contributed by atoms with E-state index in [2.05, 4.69) is 22.1 Å². The van der Waals surface area contributed by atoms with Gasteiger partial charge in [0, 0.05) is 21.4 Å². The first-order valence-electron chi connectivity index (χ1n) is 5.47. The van der Waals surface area contributed by atoms with Crippen molar-refractivity contribution in [2.24, 2.45) is 0 Å². The van der Waals surface area contributed by atoms with Gasteiger partial charge in [-0.15, -0.1) is 0 Å². The molecule has 2 aromatic carbocycles. The van der Waals surface area contributed by atoms with E-state index in [1.54, 1.807) is 18.0 Å². The zero-order chi connectivity index (χ0) is 12.4. The monoisotopic (exact) mass is 272 g/mol. The summed E-state index contributed by atoms with van der Waals surface area (Å²) in [7, 11) is 0. The lowest BCUT2D eigenvalue weighted by atomic mass is 10.2. The number of para-hydroxylation sites is 1. The molecule has 3 rings (SSSR count). The van der Waals surface area contributed by atoms with Gasteiger partial charge in [0.1, 0.15) is 0 Å². The molecular weight excluding hydrogens is 264 g/mol. The van der Waals surface area contributed by atoms with Gasteiger partial charge in [-0.1, -0.05) is 42.1 Å². The number of hydrogen-bond acceptors (Lipinski definition) is 3. The summed E-state index contributed by atoms with van der Waals surface area (Å²) >= 11 is 7.54. The summed E-state index contributed by atoms with van der Waals surface area (Å²) in [6.45, 7) is 0. The Morgan fingerprint density at radius 2 is 1.78 bits per heavy atom. The van der Waals surface area contributed by atoms with Gasteiger partial charge in [0.15, 0.2) is 0 Å². The maximum Gasteiger partial charge on any atom is 0.222 e. The summed E-state index contributed by atoms with van der Waals surface area (Å²) in [6, 6.07) is 16.2. The summed E-state index contributed by atoms with van der Waals surface area (Å²) in [5.74, 6) is 0. The number of rotatable bonds is 2. The molecule has 1 aromatic heterocycles. The first kappa shape index (κ1) is 11.5. The summed E-state index contributed by atoms with van der Waals surface area (Å²) in [5.41, 5.74) is 0.895. The van der Waals surface area contributed by atoms with Crippen LogP contribution in [0.15, 0.2) is 64.5 Å². The van der Waals surface area contributed by atoms with Crippen molar-refractivity contribution in [2.45, 2.75) is 9.79 Å². The van der Waals surface area contributed by atoms with Crippen LogP contribution in [0.25, 0.3) is 10.9 Å². The van der Waals surface area contributed by atoms with E-state index in [0.717, 1.165) is 15.8 Å². The largest absolute Gasteiger partial charge is 0.226 e. The van der Waals surface area contributed by atoms with E-state index in [-0.39, 0.29) is 5.28 Å². The average Bonchev–Trinajstić information content (AvgIpc) is 2.41. The molecule has 3 aromatic rings. The first-order chi connectivity index (χ1) is 8.83. The van der Waals surface area contributed by atoms with Crippen molar-refractivity contribution in [2.75, 3.05) is 0 Å². The fourth-order valence-corrected chi connectivity index (χ4v) is 2.79. The summed E-state index contributed by atoms with van der Waals surface area (Å²) in [6.07, 6.45) is 1.75. The van der Waals surface area contributed by atoms with E-state index in [4.69, 9.17) is 11.6 Å². The predicted octanol–water partition coefficient (Wildman–Crippen LogP) is 4.43. The molecule has 4 heteroatoms. The molecule has 0 aliphatic heterocycles. The third-order valence-electron chi connectivity index (χ3n) is 2.52. The zero-order valence-electron chi connectivity index (χ0n) is 9.38. The van der Waals surface area contributed by atoms with Crippen LogP contribution < -0.4 is 0 Å². The van der Waals surface area contributed by atoms with Crippen LogP contribution in [0.4, 0.5) is 0 Å². The smallest absolute Gasteiger partial charge is 0.222 e. The minimum Gasteiger partial charge on any atom is -0.226 e. The SMILES string of the molecule is Clc1ncc2cccc(Sc3ccccc3)c2n1. The fraction of sp³-hybridized carbons (Fsp3) is 0. The Morgan fingerprint density at radius 1 is 0.944 bits per heavy atom. The Hall–Kier alpha value is -1.58. The number of halogens is 1. The molecule has 0 atom stereocenters. The summed E-state index contributed by atoms with van der Waals surface area (Å²) in [4.78, 5) is 10.6. The maximum atomic E-state index is 5.86. The van der Waals surface area contributed by atoms with E-state index in [9.17, 15) is 0 Å². The van der Waals surface area contributed by atoms with Gasteiger partial charge in [-0.05, 0) is 29.8 Å². The Morgan fingerprint density at radius 3 is 2.61 bits per heavy atom. The zero-order valence-corrected chi connectivity index (χ0v) is 10.9. The van der Waals surface area contributed by atoms with Crippen molar-refractivity contribution >= 4 is 34.3 Å². The molecule has 0 spiro atoms. The maximum absolute atomic E-state index is 5.86. The van der Waals surface area contributed by atoms with Crippen molar-refractivity contribution in [3.63, 3.8) is 0 Å². The fourth-order valence-electron chi connectivity index (χ4n) is 1.70. The number of fused-ring (bicyclic) bond motifs is 1. The standard InChI is InChI=1S/C14H9ClN2S/c15-14-16-9-10-5-4-8-12(13(10)17-14)18-11-6-2-1-3-7-11/h1-9H. The molecule has 0 aliphatic carbocycles. The normalized spacial score (nSPS) is 10.7. The molecule has 0 unspecified atom stereocenters. The van der Waals surface area contributed by atoms with Crippen molar-refractivity contribution in [3.8, 4) is 0 Å². The van der Waals surface area contributed by atoms with Crippen molar-refractivity contribution < 1.29 is 0 Å². The van der Waals surface area contributed by atoms with Gasteiger partial charge >= 0.3 is 0 Å². The lowest BCUT2D eigenvalue weighted by molar-refractivity contribution is 1.20. The van der Waals surface area contributed by atoms with E-state index >= 15 is 0 Å². The van der Waals surface area contributed by atoms with E-state index in [1.807, 2.05) is 36.4 Å². The molecule has 0 amide bonds. The highest BCUT2D eigenvalue weighted by Crippen LogP contribution is 2.32. The van der Waals surface area contributed by atoms with Gasteiger partial charge < -0.3 is 0 Å². The predicted molar refractivity (Wildman–Crippen MR) is 75.1 cm³/mol. The van der Waals surface area contributed by atoms with Gasteiger partial charge in [0.05, 0.1) is 5.52 Å². The van der Waals surface area contributed by atoms with Crippen LogP contribution in [0.1, 0.15) is 0 Å². The van der Waals surface area contributed by atoms with Crippen LogP contribution in [-0.2, 0) is 0 Å². The molecule has 0 saturated heterocycles. The Bertz CT molecular complexity index is 686. The van der Waals surface area contributed by atoms with Crippen molar-refractivity contribution in [1.82, 2.24) is 9.97 Å². The molecule has 18 heavy (non-hydrogen) atoms. The van der Waals surface area contributed by atoms with E-state index < -0.39 is 0 Å². The van der Waals surface area contributed by atoms with Crippen molar-refractivity contribution in [1.29, 1.82) is 0 Å². The minimum atomic E-state index is 0.281. The first-order valence-corrected chi connectivity index (χ1v) is 6.66. The van der Waals surface area contributed by atoms with Gasteiger partial charge in [-0.2, -0.15) is 0 Å². The molecule has 0 fully saturated rings. The number of aromatic nitrogens is 2. The molecular formula is C14H9ClN2S.